The van der Waals surface area contributed by atoms with Crippen molar-refractivity contribution in [1.29, 1.82) is 0 Å². The fraction of sp³-hybridized carbons (Fsp3) is 0.444. The molecule has 0 aliphatic carbocycles. The molecule has 1 aromatic heterocycles. The van der Waals surface area contributed by atoms with Crippen molar-refractivity contribution in [1.82, 2.24) is 9.47 Å². The minimum atomic E-state index is -0.0650. The van der Waals surface area contributed by atoms with Gasteiger partial charge in [-0.15, -0.1) is 0 Å². The molecule has 0 saturated carbocycles. The lowest BCUT2D eigenvalue weighted by Gasteiger charge is -2.15. The normalized spacial score (nSPS) is 10.3. The second kappa shape index (κ2) is 4.48. The Labute approximate surface area is 88.2 Å². The van der Waals surface area contributed by atoms with Gasteiger partial charge < -0.3 is 15.2 Å². The predicted octanol–water partition coefficient (Wildman–Crippen LogP) is 0.709. The molecule has 1 amide bonds. The van der Waals surface area contributed by atoms with Gasteiger partial charge in [0, 0.05) is 33.4 Å². The van der Waals surface area contributed by atoms with E-state index in [9.17, 15) is 4.79 Å². The summed E-state index contributed by atoms with van der Waals surface area (Å²) < 4.78 is 1.71. The number of carbonyl (C=O) groups excluding carboxylic acids is 1. The summed E-state index contributed by atoms with van der Waals surface area (Å²) in [6.45, 7) is 1.00. The van der Waals surface area contributed by atoms with Crippen molar-refractivity contribution in [3.05, 3.63) is 23.0 Å². The van der Waals surface area contributed by atoms with Crippen LogP contribution in [0.15, 0.2) is 12.3 Å². The molecule has 0 saturated heterocycles. The number of nitrogens with two attached hydrogens (primary N) is 1. The fourth-order valence-corrected chi connectivity index (χ4v) is 1.48. The van der Waals surface area contributed by atoms with Crippen molar-refractivity contribution in [2.24, 2.45) is 12.8 Å². The number of aromatic nitrogens is 1. The second-order valence-corrected chi connectivity index (χ2v) is 3.61. The Morgan fingerprint density at radius 3 is 2.79 bits per heavy atom. The molecular formula is C9H14ClN3O. The molecule has 0 unspecified atom stereocenters. The van der Waals surface area contributed by atoms with E-state index in [0.29, 0.717) is 23.8 Å². The van der Waals surface area contributed by atoms with Crippen LogP contribution in [0, 0.1) is 0 Å². The van der Waals surface area contributed by atoms with Crippen LogP contribution < -0.4 is 5.73 Å². The molecule has 14 heavy (non-hydrogen) atoms. The van der Waals surface area contributed by atoms with Gasteiger partial charge in [-0.2, -0.15) is 0 Å². The molecule has 0 aromatic carbocycles. The van der Waals surface area contributed by atoms with Crippen LogP contribution >= 0.6 is 11.6 Å². The highest BCUT2D eigenvalue weighted by molar-refractivity contribution is 6.31. The van der Waals surface area contributed by atoms with Gasteiger partial charge in [0.05, 0.1) is 5.02 Å². The lowest BCUT2D eigenvalue weighted by atomic mass is 10.3. The molecule has 0 aliphatic rings. The smallest absolute Gasteiger partial charge is 0.270 e. The summed E-state index contributed by atoms with van der Waals surface area (Å²) in [5, 5.41) is 0.567. The number of carbonyl (C=O) groups is 1. The second-order valence-electron chi connectivity index (χ2n) is 3.17. The molecule has 1 aromatic rings. The minimum Gasteiger partial charge on any atom is -0.345 e. The van der Waals surface area contributed by atoms with Gasteiger partial charge in [-0.05, 0) is 6.07 Å². The van der Waals surface area contributed by atoms with Crippen LogP contribution in [-0.4, -0.2) is 35.5 Å². The molecule has 1 heterocycles. The third kappa shape index (κ3) is 2.27. The van der Waals surface area contributed by atoms with Gasteiger partial charge in [0.1, 0.15) is 5.69 Å². The molecule has 2 N–H and O–H groups in total. The van der Waals surface area contributed by atoms with Gasteiger partial charge in [-0.1, -0.05) is 11.6 Å². The molecule has 5 heteroatoms. The highest BCUT2D eigenvalue weighted by Crippen LogP contribution is 2.13. The number of hydrogen-bond donors (Lipinski definition) is 1. The van der Waals surface area contributed by atoms with Gasteiger partial charge in [-0.3, -0.25) is 4.79 Å². The Morgan fingerprint density at radius 1 is 1.71 bits per heavy atom. The molecule has 4 nitrogen and oxygen atoms in total. The lowest BCUT2D eigenvalue weighted by Crippen LogP contribution is -2.32. The van der Waals surface area contributed by atoms with Gasteiger partial charge >= 0.3 is 0 Å². The zero-order chi connectivity index (χ0) is 10.7. The maximum atomic E-state index is 11.8. The van der Waals surface area contributed by atoms with E-state index < -0.39 is 0 Å². The van der Waals surface area contributed by atoms with Crippen molar-refractivity contribution in [2.75, 3.05) is 20.1 Å². The first-order chi connectivity index (χ1) is 6.56. The average molecular weight is 216 g/mol. The van der Waals surface area contributed by atoms with Crippen molar-refractivity contribution in [3.63, 3.8) is 0 Å². The monoisotopic (exact) mass is 215 g/mol. The fourth-order valence-electron chi connectivity index (χ4n) is 1.23. The molecular weight excluding hydrogens is 202 g/mol. The van der Waals surface area contributed by atoms with E-state index in [2.05, 4.69) is 0 Å². The van der Waals surface area contributed by atoms with Crippen LogP contribution in [0.5, 0.6) is 0 Å². The summed E-state index contributed by atoms with van der Waals surface area (Å²) in [5.74, 6) is -0.0650. The molecule has 78 valence electrons. The van der Waals surface area contributed by atoms with E-state index >= 15 is 0 Å². The average Bonchev–Trinajstić information content (AvgIpc) is 2.44. The van der Waals surface area contributed by atoms with Crippen molar-refractivity contribution < 1.29 is 4.79 Å². The summed E-state index contributed by atoms with van der Waals surface area (Å²) in [4.78, 5) is 13.3. The quantitative estimate of drug-likeness (QED) is 0.808. The molecule has 1 rings (SSSR count). The van der Waals surface area contributed by atoms with Crippen molar-refractivity contribution in [3.8, 4) is 0 Å². The summed E-state index contributed by atoms with van der Waals surface area (Å²) in [7, 11) is 3.51. The number of rotatable bonds is 3. The largest absolute Gasteiger partial charge is 0.345 e. The third-order valence-corrected chi connectivity index (χ3v) is 2.21. The van der Waals surface area contributed by atoms with Crippen molar-refractivity contribution in [2.45, 2.75) is 0 Å². The van der Waals surface area contributed by atoms with Crippen LogP contribution in [-0.2, 0) is 7.05 Å². The van der Waals surface area contributed by atoms with E-state index in [1.54, 1.807) is 35.8 Å². The van der Waals surface area contributed by atoms with Gasteiger partial charge in [0.25, 0.3) is 5.91 Å². The molecule has 0 fully saturated rings. The topological polar surface area (TPSA) is 51.3 Å². The van der Waals surface area contributed by atoms with Crippen LogP contribution in [0.25, 0.3) is 0 Å². The summed E-state index contributed by atoms with van der Waals surface area (Å²) in [6.07, 6.45) is 1.70. The minimum absolute atomic E-state index is 0.0650. The molecule has 0 bridgehead atoms. The highest BCUT2D eigenvalue weighted by atomic mass is 35.5. The van der Waals surface area contributed by atoms with Crippen LogP contribution in [0.1, 0.15) is 10.5 Å². The number of amides is 1. The Bertz CT molecular complexity index is 335. The Kier molecular flexibility index (Phi) is 3.55. The first-order valence-corrected chi connectivity index (χ1v) is 4.71. The van der Waals surface area contributed by atoms with Crippen molar-refractivity contribution >= 4 is 17.5 Å². The summed E-state index contributed by atoms with van der Waals surface area (Å²) in [5.41, 5.74) is 5.94. The summed E-state index contributed by atoms with van der Waals surface area (Å²) in [6, 6.07) is 1.65. The van der Waals surface area contributed by atoms with Gasteiger partial charge in [0.2, 0.25) is 0 Å². The predicted molar refractivity (Wildman–Crippen MR) is 56.4 cm³/mol. The molecule has 0 atom stereocenters. The van der Waals surface area contributed by atoms with E-state index in [4.69, 9.17) is 17.3 Å². The van der Waals surface area contributed by atoms with E-state index in [1.165, 1.54) is 0 Å². The highest BCUT2D eigenvalue weighted by Gasteiger charge is 2.14. The first-order valence-electron chi connectivity index (χ1n) is 4.33. The lowest BCUT2D eigenvalue weighted by molar-refractivity contribution is 0.0789. The maximum absolute atomic E-state index is 11.8. The zero-order valence-electron chi connectivity index (χ0n) is 8.33. The van der Waals surface area contributed by atoms with E-state index in [-0.39, 0.29) is 5.91 Å². The Morgan fingerprint density at radius 2 is 2.36 bits per heavy atom. The Balaban J connectivity index is 2.83. The number of likely N-dealkylation sites (N-methyl/N-ethyl adjacent to an activating group) is 1. The number of halogens is 1. The number of nitrogens with zero attached hydrogens (tertiary/aromatic N) is 2. The SMILES string of the molecule is CN(CCN)C(=O)c1cc(Cl)cn1C. The summed E-state index contributed by atoms with van der Waals surface area (Å²) >= 11 is 5.78. The van der Waals surface area contributed by atoms with E-state index in [1.807, 2.05) is 0 Å². The number of aryl methyl sites for hydroxylation is 1. The van der Waals surface area contributed by atoms with Gasteiger partial charge in [-0.25, -0.2) is 0 Å². The Hall–Kier alpha value is -1.00. The number of hydrogen-bond acceptors (Lipinski definition) is 2. The van der Waals surface area contributed by atoms with Crippen LogP contribution in [0.4, 0.5) is 0 Å². The van der Waals surface area contributed by atoms with Gasteiger partial charge in [0.15, 0.2) is 0 Å². The van der Waals surface area contributed by atoms with Crippen LogP contribution in [0.3, 0.4) is 0 Å². The molecule has 0 aliphatic heterocycles. The first kappa shape index (κ1) is 11.1. The standard InChI is InChI=1S/C9H14ClN3O/c1-12(4-3-11)9(14)8-5-7(10)6-13(8)2/h5-6H,3-4,11H2,1-2H3. The molecule has 0 radical (unpaired) electrons. The zero-order valence-corrected chi connectivity index (χ0v) is 9.08. The molecule has 0 spiro atoms. The van der Waals surface area contributed by atoms with E-state index in [0.717, 1.165) is 0 Å². The van der Waals surface area contributed by atoms with Crippen LogP contribution in [0.2, 0.25) is 5.02 Å². The third-order valence-electron chi connectivity index (χ3n) is 2.00. The maximum Gasteiger partial charge on any atom is 0.270 e.